The van der Waals surface area contributed by atoms with Crippen LogP contribution < -0.4 is 15.8 Å². The molecule has 122 valence electrons. The Morgan fingerprint density at radius 1 is 1.21 bits per heavy atom. The van der Waals surface area contributed by atoms with Gasteiger partial charge in [0.05, 0.1) is 17.7 Å². The lowest BCUT2D eigenvalue weighted by molar-refractivity contribution is -0.121. The average molecular weight is 389 g/mol. The minimum atomic E-state index is -0.804. The van der Waals surface area contributed by atoms with Crippen LogP contribution in [0.25, 0.3) is 0 Å². The molecule has 0 radical (unpaired) electrons. The molecule has 0 unspecified atom stereocenters. The number of nitrogens with one attached hydrogen (secondary N) is 2. The second-order valence-electron chi connectivity index (χ2n) is 5.14. The number of carbonyl (C=O) groups is 3. The first-order valence-corrected chi connectivity index (χ1v) is 7.94. The maximum Gasteiger partial charge on any atom is 0.266 e. The van der Waals surface area contributed by atoms with Gasteiger partial charge in [-0.15, -0.1) is 0 Å². The fourth-order valence-electron chi connectivity index (χ4n) is 2.33. The van der Waals surface area contributed by atoms with Crippen molar-refractivity contribution in [3.63, 3.8) is 0 Å². The van der Waals surface area contributed by atoms with Crippen LogP contribution in [0.3, 0.4) is 0 Å². The third-order valence-corrected chi connectivity index (χ3v) is 4.04. The molecule has 8 heteroatoms. The van der Waals surface area contributed by atoms with E-state index in [-0.39, 0.29) is 12.3 Å². The van der Waals surface area contributed by atoms with Gasteiger partial charge in [0.25, 0.3) is 11.8 Å². The predicted molar refractivity (Wildman–Crippen MR) is 89.9 cm³/mol. The Morgan fingerprint density at radius 3 is 2.62 bits per heavy atom. The van der Waals surface area contributed by atoms with E-state index in [4.69, 9.17) is 0 Å². The SMILES string of the molecule is O=C(NN[C@H]1CC(=O)N(c2ccc(Br)cc2)C1=O)c1cccnc1. The minimum absolute atomic E-state index is 0.0256. The molecule has 3 rings (SSSR count). The maximum absolute atomic E-state index is 12.4. The summed E-state index contributed by atoms with van der Waals surface area (Å²) in [5, 5.41) is 0. The van der Waals surface area contributed by atoms with Crippen molar-refractivity contribution in [3.8, 4) is 0 Å². The third-order valence-electron chi connectivity index (χ3n) is 3.52. The molecule has 0 bridgehead atoms. The summed E-state index contributed by atoms with van der Waals surface area (Å²) < 4.78 is 0.851. The monoisotopic (exact) mass is 388 g/mol. The van der Waals surface area contributed by atoms with Crippen LogP contribution >= 0.6 is 15.9 Å². The molecule has 0 saturated carbocycles. The molecule has 1 saturated heterocycles. The Labute approximate surface area is 146 Å². The number of anilines is 1. The summed E-state index contributed by atoms with van der Waals surface area (Å²) in [6.07, 6.45) is 2.94. The molecule has 1 fully saturated rings. The average Bonchev–Trinajstić information content (AvgIpc) is 2.88. The zero-order valence-electron chi connectivity index (χ0n) is 12.4. The van der Waals surface area contributed by atoms with Crippen LogP contribution in [0.15, 0.2) is 53.3 Å². The molecule has 1 aliphatic heterocycles. The van der Waals surface area contributed by atoms with Crippen LogP contribution in [0, 0.1) is 0 Å². The standard InChI is InChI=1S/C16H13BrN4O3/c17-11-3-5-12(6-4-11)21-14(22)8-13(16(21)24)19-20-15(23)10-2-1-7-18-9-10/h1-7,9,13,19H,8H2,(H,20,23)/t13-/m0/s1. The highest BCUT2D eigenvalue weighted by molar-refractivity contribution is 9.10. The van der Waals surface area contributed by atoms with Gasteiger partial charge < -0.3 is 0 Å². The van der Waals surface area contributed by atoms with E-state index in [0.29, 0.717) is 11.3 Å². The number of hydrogen-bond acceptors (Lipinski definition) is 5. The molecule has 0 aliphatic carbocycles. The fraction of sp³-hybridized carbons (Fsp3) is 0.125. The van der Waals surface area contributed by atoms with Gasteiger partial charge in [0, 0.05) is 16.9 Å². The molecular weight excluding hydrogens is 376 g/mol. The van der Waals surface area contributed by atoms with E-state index in [2.05, 4.69) is 31.8 Å². The van der Waals surface area contributed by atoms with Crippen LogP contribution in [-0.4, -0.2) is 28.7 Å². The van der Waals surface area contributed by atoms with Gasteiger partial charge in [0.15, 0.2) is 0 Å². The zero-order chi connectivity index (χ0) is 17.1. The molecule has 24 heavy (non-hydrogen) atoms. The molecular formula is C16H13BrN4O3. The number of carbonyl (C=O) groups excluding carboxylic acids is 3. The van der Waals surface area contributed by atoms with Gasteiger partial charge in [-0.1, -0.05) is 15.9 Å². The maximum atomic E-state index is 12.4. The number of imide groups is 1. The van der Waals surface area contributed by atoms with Gasteiger partial charge in [0.2, 0.25) is 5.91 Å². The highest BCUT2D eigenvalue weighted by Gasteiger charge is 2.39. The number of rotatable bonds is 4. The van der Waals surface area contributed by atoms with E-state index in [1.165, 1.54) is 6.20 Å². The first-order valence-electron chi connectivity index (χ1n) is 7.14. The number of pyridine rings is 1. The van der Waals surface area contributed by atoms with Crippen molar-refractivity contribution in [1.29, 1.82) is 0 Å². The van der Waals surface area contributed by atoms with Crippen LogP contribution in [0.1, 0.15) is 16.8 Å². The van der Waals surface area contributed by atoms with E-state index < -0.39 is 17.9 Å². The van der Waals surface area contributed by atoms with E-state index in [1.54, 1.807) is 42.6 Å². The molecule has 1 aromatic heterocycles. The van der Waals surface area contributed by atoms with E-state index >= 15 is 0 Å². The van der Waals surface area contributed by atoms with Crippen molar-refractivity contribution in [2.75, 3.05) is 4.90 Å². The van der Waals surface area contributed by atoms with E-state index in [9.17, 15) is 14.4 Å². The number of nitrogens with zero attached hydrogens (tertiary/aromatic N) is 2. The highest BCUT2D eigenvalue weighted by atomic mass is 79.9. The molecule has 1 aliphatic rings. The number of hydrogen-bond donors (Lipinski definition) is 2. The zero-order valence-corrected chi connectivity index (χ0v) is 14.0. The molecule has 2 aromatic rings. The summed E-state index contributed by atoms with van der Waals surface area (Å²) in [5.41, 5.74) is 5.91. The Morgan fingerprint density at radius 2 is 1.96 bits per heavy atom. The lowest BCUT2D eigenvalue weighted by Gasteiger charge is -2.16. The Hall–Kier alpha value is -2.58. The summed E-state index contributed by atoms with van der Waals surface area (Å²) in [5.74, 6) is -1.16. The number of amides is 3. The molecule has 2 heterocycles. The molecule has 0 spiro atoms. The summed E-state index contributed by atoms with van der Waals surface area (Å²) in [6.45, 7) is 0. The normalized spacial score (nSPS) is 17.2. The molecule has 7 nitrogen and oxygen atoms in total. The fourth-order valence-corrected chi connectivity index (χ4v) is 2.59. The van der Waals surface area contributed by atoms with Gasteiger partial charge >= 0.3 is 0 Å². The molecule has 3 amide bonds. The lowest BCUT2D eigenvalue weighted by Crippen LogP contribution is -2.48. The predicted octanol–water partition coefficient (Wildman–Crippen LogP) is 1.41. The van der Waals surface area contributed by atoms with Crippen LogP contribution in [0.4, 0.5) is 5.69 Å². The van der Waals surface area contributed by atoms with Crippen molar-refractivity contribution >= 4 is 39.3 Å². The van der Waals surface area contributed by atoms with Crippen LogP contribution in [0.2, 0.25) is 0 Å². The first kappa shape index (κ1) is 16.3. The molecule has 2 N–H and O–H groups in total. The van der Waals surface area contributed by atoms with Gasteiger partial charge in [-0.3, -0.25) is 24.8 Å². The summed E-state index contributed by atoms with van der Waals surface area (Å²) >= 11 is 3.31. The second-order valence-corrected chi connectivity index (χ2v) is 6.06. The topological polar surface area (TPSA) is 91.4 Å². The molecule has 1 atom stereocenters. The number of benzene rings is 1. The van der Waals surface area contributed by atoms with Gasteiger partial charge in [-0.05, 0) is 36.4 Å². The number of aromatic nitrogens is 1. The van der Waals surface area contributed by atoms with Gasteiger partial charge in [-0.2, -0.15) is 0 Å². The largest absolute Gasteiger partial charge is 0.287 e. The van der Waals surface area contributed by atoms with Crippen molar-refractivity contribution in [3.05, 3.63) is 58.8 Å². The van der Waals surface area contributed by atoms with Gasteiger partial charge in [0.1, 0.15) is 6.04 Å². The number of hydrazine groups is 1. The Bertz CT molecular complexity index is 780. The Balaban J connectivity index is 1.66. The highest BCUT2D eigenvalue weighted by Crippen LogP contribution is 2.24. The van der Waals surface area contributed by atoms with Crippen molar-refractivity contribution < 1.29 is 14.4 Å². The van der Waals surface area contributed by atoms with Crippen molar-refractivity contribution in [1.82, 2.24) is 15.8 Å². The number of halogens is 1. The smallest absolute Gasteiger partial charge is 0.266 e. The summed E-state index contributed by atoms with van der Waals surface area (Å²) in [7, 11) is 0. The summed E-state index contributed by atoms with van der Waals surface area (Å²) in [4.78, 5) is 41.5. The van der Waals surface area contributed by atoms with E-state index in [1.807, 2.05) is 0 Å². The quantitative estimate of drug-likeness (QED) is 0.610. The van der Waals surface area contributed by atoms with Crippen LogP contribution in [0.5, 0.6) is 0 Å². The Kier molecular flexibility index (Phi) is 4.68. The van der Waals surface area contributed by atoms with Gasteiger partial charge in [-0.25, -0.2) is 10.3 Å². The minimum Gasteiger partial charge on any atom is -0.287 e. The second kappa shape index (κ2) is 6.90. The van der Waals surface area contributed by atoms with Crippen molar-refractivity contribution in [2.45, 2.75) is 12.5 Å². The van der Waals surface area contributed by atoms with Crippen molar-refractivity contribution in [2.24, 2.45) is 0 Å². The molecule has 1 aromatic carbocycles. The lowest BCUT2D eigenvalue weighted by atomic mass is 10.2. The first-order chi connectivity index (χ1) is 11.6. The summed E-state index contributed by atoms with van der Waals surface area (Å²) in [6, 6.07) is 9.28. The van der Waals surface area contributed by atoms with E-state index in [0.717, 1.165) is 9.37 Å². The third kappa shape index (κ3) is 3.34. The van der Waals surface area contributed by atoms with Crippen LogP contribution in [-0.2, 0) is 9.59 Å².